The molecule has 27 heavy (non-hydrogen) atoms. The lowest BCUT2D eigenvalue weighted by atomic mass is 10.0. The Morgan fingerprint density at radius 3 is 2.48 bits per heavy atom. The number of hydrazine groups is 1. The molecule has 7 nitrogen and oxygen atoms in total. The Balaban J connectivity index is 1.91. The second-order valence-corrected chi connectivity index (χ2v) is 6.01. The fourth-order valence-electron chi connectivity index (χ4n) is 3.01. The molecule has 0 saturated carbocycles. The summed E-state index contributed by atoms with van der Waals surface area (Å²) in [6.07, 6.45) is 0. The second-order valence-electron chi connectivity index (χ2n) is 6.01. The summed E-state index contributed by atoms with van der Waals surface area (Å²) >= 11 is 0. The van der Waals surface area contributed by atoms with Crippen molar-refractivity contribution in [2.75, 3.05) is 18.0 Å². The maximum absolute atomic E-state index is 11.1. The molecule has 0 atom stereocenters. The van der Waals surface area contributed by atoms with Gasteiger partial charge in [-0.3, -0.25) is 5.43 Å². The minimum Gasteiger partial charge on any atom is -0.612 e. The first-order valence-corrected chi connectivity index (χ1v) is 8.34. The fourth-order valence-corrected chi connectivity index (χ4v) is 3.01. The Kier molecular flexibility index (Phi) is 4.18. The van der Waals surface area contributed by atoms with E-state index < -0.39 is 4.90 Å². The van der Waals surface area contributed by atoms with Gasteiger partial charge < -0.3 is 25.6 Å². The lowest BCUT2D eigenvalue weighted by Gasteiger charge is -2.19. The summed E-state index contributed by atoms with van der Waals surface area (Å²) in [5.74, 6) is 0.722. The van der Waals surface area contributed by atoms with Crippen LogP contribution in [0.1, 0.15) is 0 Å². The molecule has 7 heteroatoms. The van der Waals surface area contributed by atoms with Crippen LogP contribution in [0.25, 0.3) is 22.2 Å². The Morgan fingerprint density at radius 2 is 1.74 bits per heavy atom. The van der Waals surface area contributed by atoms with Crippen LogP contribution >= 0.6 is 0 Å². The number of benzene rings is 3. The Labute approximate surface area is 155 Å². The number of fused-ring (bicyclic) bond motifs is 2. The highest BCUT2D eigenvalue weighted by Crippen LogP contribution is 2.36. The Hall–Kier alpha value is -3.87. The predicted molar refractivity (Wildman–Crippen MR) is 107 cm³/mol. The van der Waals surface area contributed by atoms with E-state index in [0.29, 0.717) is 5.69 Å². The third kappa shape index (κ3) is 3.18. The number of pyridine rings is 1. The van der Waals surface area contributed by atoms with E-state index in [4.69, 9.17) is 4.74 Å². The van der Waals surface area contributed by atoms with Crippen LogP contribution in [0.5, 0.6) is 5.75 Å². The molecule has 136 valence electrons. The lowest BCUT2D eigenvalue weighted by Crippen LogP contribution is -2.19. The molecule has 2 aromatic carbocycles. The van der Waals surface area contributed by atoms with Gasteiger partial charge in [0, 0.05) is 28.6 Å². The molecule has 2 aliphatic rings. The summed E-state index contributed by atoms with van der Waals surface area (Å²) in [7, 11) is 1.62. The van der Waals surface area contributed by atoms with Crippen LogP contribution in [-0.2, 0) is 0 Å². The van der Waals surface area contributed by atoms with Crippen LogP contribution in [0.15, 0.2) is 66.7 Å². The summed E-state index contributed by atoms with van der Waals surface area (Å²) in [6.45, 7) is 0. The molecule has 0 spiro atoms. The number of anilines is 2. The summed E-state index contributed by atoms with van der Waals surface area (Å²) in [5, 5.41) is 23.2. The highest BCUT2D eigenvalue weighted by molar-refractivity contribution is 6.01. The summed E-state index contributed by atoms with van der Waals surface area (Å²) in [5.41, 5.74) is 10.5. The Bertz CT molecular complexity index is 1130. The maximum atomic E-state index is 11.1. The average molecular weight is 361 g/mol. The van der Waals surface area contributed by atoms with E-state index in [-0.39, 0.29) is 5.36 Å². The molecule has 0 saturated heterocycles. The number of aromatic nitrogens is 1. The number of ether oxygens (including phenoxy) is 1. The van der Waals surface area contributed by atoms with Crippen LogP contribution < -0.4 is 25.8 Å². The summed E-state index contributed by atoms with van der Waals surface area (Å²) < 4.78 is 5.35. The molecule has 0 unspecified atom stereocenters. The van der Waals surface area contributed by atoms with E-state index >= 15 is 0 Å². The SMILES string of the molecule is COc1ccc2[nH]c3cc(=[N+]([O-])[O-])ccc-3c(NNc3ccccc3)c2c1. The summed E-state index contributed by atoms with van der Waals surface area (Å²) in [4.78, 5) is 2.86. The van der Waals surface area contributed by atoms with Crippen LogP contribution in [0.2, 0.25) is 0 Å². The van der Waals surface area contributed by atoms with Gasteiger partial charge in [0.15, 0.2) is 0 Å². The van der Waals surface area contributed by atoms with Gasteiger partial charge in [-0.15, -0.1) is 0 Å². The van der Waals surface area contributed by atoms with Crippen molar-refractivity contribution >= 4 is 22.3 Å². The number of nitrogens with zero attached hydrogens (tertiary/aromatic N) is 1. The van der Waals surface area contributed by atoms with Crippen molar-refractivity contribution in [3.05, 3.63) is 82.5 Å². The monoisotopic (exact) mass is 361 g/mol. The van der Waals surface area contributed by atoms with Crippen molar-refractivity contribution in [1.82, 2.24) is 9.89 Å². The number of hydrogen-bond donors (Lipinski definition) is 3. The molecule has 0 fully saturated rings. The highest BCUT2D eigenvalue weighted by atomic mass is 16.8. The minimum absolute atomic E-state index is 0.0357. The highest BCUT2D eigenvalue weighted by Gasteiger charge is 2.15. The number of para-hydroxylation sites is 1. The van der Waals surface area contributed by atoms with Crippen molar-refractivity contribution in [2.24, 2.45) is 0 Å². The van der Waals surface area contributed by atoms with Crippen LogP contribution in [-0.4, -0.2) is 12.1 Å². The number of methoxy groups -OCH3 is 1. The van der Waals surface area contributed by atoms with Gasteiger partial charge in [0.1, 0.15) is 5.75 Å². The maximum Gasteiger partial charge on any atom is 0.224 e. The van der Waals surface area contributed by atoms with Gasteiger partial charge in [0.05, 0.1) is 24.2 Å². The molecule has 4 rings (SSSR count). The van der Waals surface area contributed by atoms with E-state index in [1.54, 1.807) is 13.2 Å². The molecule has 0 bridgehead atoms. The molecule has 1 heterocycles. The number of nitrogens with one attached hydrogen (secondary N) is 3. The van der Waals surface area contributed by atoms with Crippen molar-refractivity contribution in [1.29, 1.82) is 0 Å². The smallest absolute Gasteiger partial charge is 0.224 e. The summed E-state index contributed by atoms with van der Waals surface area (Å²) in [6, 6.07) is 20.1. The number of aromatic amines is 1. The first kappa shape index (κ1) is 16.6. The quantitative estimate of drug-likeness (QED) is 0.382. The van der Waals surface area contributed by atoms with Crippen LogP contribution in [0.3, 0.4) is 0 Å². The molecule has 1 aliphatic heterocycles. The molecule has 0 amide bonds. The largest absolute Gasteiger partial charge is 0.612 e. The van der Waals surface area contributed by atoms with Crippen molar-refractivity contribution in [3.8, 4) is 17.0 Å². The van der Waals surface area contributed by atoms with Crippen molar-refractivity contribution in [3.63, 3.8) is 0 Å². The van der Waals surface area contributed by atoms with E-state index in [1.807, 2.05) is 48.5 Å². The van der Waals surface area contributed by atoms with Gasteiger partial charge in [-0.1, -0.05) is 18.2 Å². The zero-order chi connectivity index (χ0) is 18.8. The van der Waals surface area contributed by atoms with Gasteiger partial charge in [-0.25, -0.2) is 0 Å². The van der Waals surface area contributed by atoms with E-state index in [2.05, 4.69) is 15.8 Å². The Morgan fingerprint density at radius 1 is 0.926 bits per heavy atom. The van der Waals surface area contributed by atoms with Gasteiger partial charge in [-0.2, -0.15) is 4.90 Å². The number of rotatable bonds is 4. The molecule has 1 aliphatic carbocycles. The van der Waals surface area contributed by atoms with E-state index in [1.165, 1.54) is 12.1 Å². The van der Waals surface area contributed by atoms with Crippen molar-refractivity contribution < 1.29 is 4.74 Å². The topological polar surface area (TPSA) is 98.2 Å². The van der Waals surface area contributed by atoms with Gasteiger partial charge >= 0.3 is 0 Å². The van der Waals surface area contributed by atoms with Gasteiger partial charge in [-0.05, 0) is 36.4 Å². The standard InChI is InChI=1S/C20H17N4O3/c1-27-15-8-10-18-17(12-15)20(23-22-13-5-3-2-4-6-13)16-9-7-14(24(25)26)11-19(16)21-18/h2-12,21-23H,1H3/q-1. The molecule has 2 aromatic rings. The molecule has 0 radical (unpaired) electrons. The lowest BCUT2D eigenvalue weighted by molar-refractivity contribution is 0.415. The van der Waals surface area contributed by atoms with Crippen LogP contribution in [0.4, 0.5) is 11.4 Å². The molecule has 3 N–H and O–H groups in total. The third-order valence-electron chi connectivity index (χ3n) is 4.35. The zero-order valence-corrected chi connectivity index (χ0v) is 14.5. The average Bonchev–Trinajstić information content (AvgIpc) is 2.71. The first-order valence-electron chi connectivity index (χ1n) is 8.34. The molecular formula is C20H17N4O3-. The zero-order valence-electron chi connectivity index (χ0n) is 14.5. The third-order valence-corrected chi connectivity index (χ3v) is 4.35. The van der Waals surface area contributed by atoms with Gasteiger partial charge in [0.2, 0.25) is 5.36 Å². The van der Waals surface area contributed by atoms with Crippen molar-refractivity contribution in [2.45, 2.75) is 0 Å². The minimum atomic E-state index is -0.402. The molecular weight excluding hydrogens is 344 g/mol. The van der Waals surface area contributed by atoms with Gasteiger partial charge in [0.25, 0.3) is 0 Å². The second kappa shape index (κ2) is 6.80. The number of H-pyrrole nitrogens is 1. The number of hydrogen-bond acceptors (Lipinski definition) is 5. The predicted octanol–water partition coefficient (Wildman–Crippen LogP) is 3.49. The van der Waals surface area contributed by atoms with E-state index in [0.717, 1.165) is 33.6 Å². The molecule has 0 aromatic heterocycles. The fraction of sp³-hybridized carbons (Fsp3) is 0.0500. The first-order chi connectivity index (χ1) is 13.2. The van der Waals surface area contributed by atoms with E-state index in [9.17, 15) is 10.4 Å². The normalized spacial score (nSPS) is 10.7. The van der Waals surface area contributed by atoms with Crippen LogP contribution in [0, 0.1) is 10.4 Å².